The number of fused-ring (bicyclic) bond motifs is 2. The van der Waals surface area contributed by atoms with Crippen LogP contribution < -0.4 is 16.2 Å². The first-order valence-electron chi connectivity index (χ1n) is 16.5. The van der Waals surface area contributed by atoms with Crippen LogP contribution in [0, 0.1) is 11.7 Å². The van der Waals surface area contributed by atoms with Crippen LogP contribution in [0.2, 0.25) is 0 Å². The standard InChI is InChI=1S/C38H44FN5O3/c1-6-23-9-7-10-28(23)25-13-14-34(41-20-25)43-32(36(45)40-5)18-24-15-16-47-22-30-29(24)11-8-12-33(30)44-37(46)35-26(21-42-44)17-27(19-31(35)39)38(2,3)4/h8,11-15,17-21,23,28,36,40,45H,6-7,9-10,16,22H2,1-5H3,(H,41,43)/b32-18+/t23?,28-,36?/m0/s1. The Morgan fingerprint density at radius 1 is 1.19 bits per heavy atom. The fourth-order valence-electron chi connectivity index (χ4n) is 6.91. The third-order valence-corrected chi connectivity index (χ3v) is 9.61. The van der Waals surface area contributed by atoms with E-state index in [2.05, 4.69) is 28.7 Å². The molecule has 0 saturated heterocycles. The lowest BCUT2D eigenvalue weighted by molar-refractivity contribution is 0.150. The molecular formula is C38H44FN5O3. The van der Waals surface area contributed by atoms with Gasteiger partial charge in [0.1, 0.15) is 17.9 Å². The zero-order valence-corrected chi connectivity index (χ0v) is 27.8. The number of aromatic nitrogens is 3. The van der Waals surface area contributed by atoms with Gasteiger partial charge in [0, 0.05) is 17.1 Å². The van der Waals surface area contributed by atoms with Crippen molar-refractivity contribution < 1.29 is 14.2 Å². The Kier molecular flexibility index (Phi) is 9.41. The van der Waals surface area contributed by atoms with E-state index in [0.29, 0.717) is 41.0 Å². The number of anilines is 1. The molecule has 2 aromatic heterocycles. The van der Waals surface area contributed by atoms with Crippen molar-refractivity contribution in [3.05, 3.63) is 111 Å². The van der Waals surface area contributed by atoms with Crippen LogP contribution in [0.3, 0.4) is 0 Å². The molecule has 3 atom stereocenters. The quantitative estimate of drug-likeness (QED) is 0.180. The van der Waals surface area contributed by atoms with E-state index < -0.39 is 17.6 Å². The number of ether oxygens (including phenoxy) is 1. The van der Waals surface area contributed by atoms with Gasteiger partial charge < -0.3 is 15.2 Å². The Labute approximate surface area is 275 Å². The average Bonchev–Trinajstić information content (AvgIpc) is 3.45. The van der Waals surface area contributed by atoms with Gasteiger partial charge in [0.15, 0.2) is 0 Å². The van der Waals surface area contributed by atoms with E-state index in [0.717, 1.165) is 22.3 Å². The van der Waals surface area contributed by atoms with Crippen molar-refractivity contribution in [2.45, 2.75) is 77.5 Å². The molecule has 1 fully saturated rings. The minimum absolute atomic E-state index is 0.00361. The van der Waals surface area contributed by atoms with Crippen molar-refractivity contribution in [2.75, 3.05) is 19.0 Å². The summed E-state index contributed by atoms with van der Waals surface area (Å²) in [6, 6.07) is 12.9. The predicted molar refractivity (Wildman–Crippen MR) is 185 cm³/mol. The molecule has 2 aromatic carbocycles. The minimum Gasteiger partial charge on any atom is -0.373 e. The molecule has 8 nitrogen and oxygen atoms in total. The van der Waals surface area contributed by atoms with Gasteiger partial charge in [-0.2, -0.15) is 9.78 Å². The first-order valence-corrected chi connectivity index (χ1v) is 16.5. The lowest BCUT2D eigenvalue weighted by Gasteiger charge is -2.20. The first kappa shape index (κ1) is 32.7. The number of rotatable bonds is 8. The van der Waals surface area contributed by atoms with Crippen LogP contribution in [0.5, 0.6) is 0 Å². The molecule has 2 aliphatic rings. The summed E-state index contributed by atoms with van der Waals surface area (Å²) in [6.45, 7) is 8.81. The maximum absolute atomic E-state index is 15.4. The smallest absolute Gasteiger partial charge is 0.282 e. The van der Waals surface area contributed by atoms with Crippen LogP contribution in [-0.2, 0) is 16.8 Å². The molecule has 3 heterocycles. The van der Waals surface area contributed by atoms with Gasteiger partial charge in [-0.25, -0.2) is 9.37 Å². The predicted octanol–water partition coefficient (Wildman–Crippen LogP) is 6.96. The Hall–Kier alpha value is -4.18. The largest absolute Gasteiger partial charge is 0.373 e. The second-order valence-electron chi connectivity index (χ2n) is 13.6. The summed E-state index contributed by atoms with van der Waals surface area (Å²) in [4.78, 5) is 18.5. The SMILES string of the molecule is CCC1CCC[C@@H]1c1ccc(N/C(=C/C2=CCOCc3c2cccc3-n2ncc3cc(C(C)(C)C)cc(F)c3c2=O)C(O)NC)nc1. The lowest BCUT2D eigenvalue weighted by Crippen LogP contribution is -2.30. The highest BCUT2D eigenvalue weighted by Gasteiger charge is 2.27. The number of benzene rings is 2. The Balaban J connectivity index is 1.36. The summed E-state index contributed by atoms with van der Waals surface area (Å²) in [5.41, 5.74) is 4.58. The summed E-state index contributed by atoms with van der Waals surface area (Å²) < 4.78 is 22.6. The number of pyridine rings is 1. The topological polar surface area (TPSA) is 101 Å². The van der Waals surface area contributed by atoms with Crippen LogP contribution >= 0.6 is 0 Å². The normalized spacial score (nSPS) is 19.3. The van der Waals surface area contributed by atoms with Crippen molar-refractivity contribution in [3.8, 4) is 5.69 Å². The van der Waals surface area contributed by atoms with E-state index in [1.165, 1.54) is 42.0 Å². The molecule has 47 heavy (non-hydrogen) atoms. The van der Waals surface area contributed by atoms with E-state index in [1.54, 1.807) is 19.3 Å². The molecule has 3 N–H and O–H groups in total. The number of hydrogen-bond acceptors (Lipinski definition) is 7. The third-order valence-electron chi connectivity index (χ3n) is 9.61. The van der Waals surface area contributed by atoms with E-state index in [1.807, 2.05) is 63.4 Å². The van der Waals surface area contributed by atoms with Gasteiger partial charge in [-0.05, 0) is 89.7 Å². The third kappa shape index (κ3) is 6.66. The van der Waals surface area contributed by atoms with Crippen LogP contribution in [-0.4, -0.2) is 39.8 Å². The molecule has 1 aliphatic carbocycles. The van der Waals surface area contributed by atoms with Crippen molar-refractivity contribution in [2.24, 2.45) is 5.92 Å². The molecule has 1 aliphatic heterocycles. The number of nitrogens with one attached hydrogen (secondary N) is 2. The number of halogens is 1. The minimum atomic E-state index is -1.00. The number of likely N-dealkylation sites (N-methyl/N-ethyl adjacent to an activating group) is 1. The highest BCUT2D eigenvalue weighted by Crippen LogP contribution is 2.41. The zero-order valence-electron chi connectivity index (χ0n) is 27.8. The summed E-state index contributed by atoms with van der Waals surface area (Å²) in [5, 5.41) is 22.1. The van der Waals surface area contributed by atoms with Gasteiger partial charge in [-0.3, -0.25) is 10.1 Å². The van der Waals surface area contributed by atoms with E-state index in [9.17, 15) is 9.90 Å². The number of aliphatic hydroxyl groups is 1. The first-order chi connectivity index (χ1) is 22.6. The summed E-state index contributed by atoms with van der Waals surface area (Å²) in [7, 11) is 1.68. The Morgan fingerprint density at radius 2 is 2.02 bits per heavy atom. The number of hydrogen-bond donors (Lipinski definition) is 3. The van der Waals surface area contributed by atoms with Crippen LogP contribution in [0.15, 0.2) is 77.5 Å². The van der Waals surface area contributed by atoms with E-state index >= 15 is 4.39 Å². The van der Waals surface area contributed by atoms with Gasteiger partial charge >= 0.3 is 0 Å². The van der Waals surface area contributed by atoms with Crippen molar-refractivity contribution >= 4 is 22.2 Å². The van der Waals surface area contributed by atoms with Gasteiger partial charge in [-0.1, -0.05) is 64.8 Å². The molecule has 0 radical (unpaired) electrons. The average molecular weight is 638 g/mol. The Morgan fingerprint density at radius 3 is 2.74 bits per heavy atom. The zero-order chi connectivity index (χ0) is 33.3. The van der Waals surface area contributed by atoms with Gasteiger partial charge in [-0.15, -0.1) is 0 Å². The molecular weight excluding hydrogens is 593 g/mol. The lowest BCUT2D eigenvalue weighted by atomic mass is 9.86. The molecule has 246 valence electrons. The monoisotopic (exact) mass is 637 g/mol. The van der Waals surface area contributed by atoms with Crippen LogP contribution in [0.1, 0.15) is 81.5 Å². The second-order valence-corrected chi connectivity index (χ2v) is 13.6. The van der Waals surface area contributed by atoms with Gasteiger partial charge in [0.05, 0.1) is 36.2 Å². The molecule has 9 heteroatoms. The maximum atomic E-state index is 15.4. The van der Waals surface area contributed by atoms with Crippen LogP contribution in [0.25, 0.3) is 22.0 Å². The fourth-order valence-corrected chi connectivity index (χ4v) is 6.91. The molecule has 2 unspecified atom stereocenters. The van der Waals surface area contributed by atoms with Crippen molar-refractivity contribution in [1.29, 1.82) is 0 Å². The van der Waals surface area contributed by atoms with E-state index in [4.69, 9.17) is 9.72 Å². The number of nitrogens with zero attached hydrogens (tertiary/aromatic N) is 3. The number of allylic oxidation sites excluding steroid dienone is 2. The Bertz CT molecular complexity index is 1890. The maximum Gasteiger partial charge on any atom is 0.282 e. The van der Waals surface area contributed by atoms with Gasteiger partial charge in [0.2, 0.25) is 0 Å². The van der Waals surface area contributed by atoms with Gasteiger partial charge in [0.25, 0.3) is 5.56 Å². The number of aliphatic hydroxyl groups excluding tert-OH is 1. The van der Waals surface area contributed by atoms with Crippen molar-refractivity contribution in [3.63, 3.8) is 0 Å². The fraction of sp³-hybridized carbons (Fsp3) is 0.395. The summed E-state index contributed by atoms with van der Waals surface area (Å²) in [6.07, 6.45) is 11.2. The molecule has 6 rings (SSSR count). The van der Waals surface area contributed by atoms with E-state index in [-0.39, 0.29) is 17.4 Å². The molecule has 1 saturated carbocycles. The molecule has 4 aromatic rings. The highest BCUT2D eigenvalue weighted by molar-refractivity contribution is 5.83. The van der Waals surface area contributed by atoms with Crippen LogP contribution in [0.4, 0.5) is 10.2 Å². The molecule has 0 bridgehead atoms. The molecule has 0 amide bonds. The summed E-state index contributed by atoms with van der Waals surface area (Å²) in [5.74, 6) is 1.31. The highest BCUT2D eigenvalue weighted by atomic mass is 19.1. The molecule has 0 spiro atoms. The second kappa shape index (κ2) is 13.5. The summed E-state index contributed by atoms with van der Waals surface area (Å²) >= 11 is 0. The van der Waals surface area contributed by atoms with Crippen molar-refractivity contribution in [1.82, 2.24) is 20.1 Å².